The Kier molecular flexibility index (Phi) is 5.86. The SMILES string of the molecule is Cc1nn(CC(C)C)c2sc(C(=O)N3C[C@@H](C(=O)N4CCCCC4)Oc4ccccc43)cc12. The molecule has 7 nitrogen and oxygen atoms in total. The van der Waals surface area contributed by atoms with Crippen LogP contribution in [0.25, 0.3) is 10.2 Å². The van der Waals surface area contributed by atoms with Crippen molar-refractivity contribution in [1.82, 2.24) is 14.7 Å². The predicted octanol–water partition coefficient (Wildman–Crippen LogP) is 4.48. The summed E-state index contributed by atoms with van der Waals surface area (Å²) in [5.41, 5.74) is 1.64. The molecule has 0 aliphatic carbocycles. The smallest absolute Gasteiger partial charge is 0.268 e. The van der Waals surface area contributed by atoms with Crippen molar-refractivity contribution in [3.8, 4) is 5.75 Å². The Hall–Kier alpha value is -2.87. The van der Waals surface area contributed by atoms with Crippen molar-refractivity contribution in [2.24, 2.45) is 5.92 Å². The second-order valence-electron chi connectivity index (χ2n) is 9.37. The number of benzene rings is 1. The van der Waals surface area contributed by atoms with E-state index in [-0.39, 0.29) is 18.4 Å². The van der Waals surface area contributed by atoms with E-state index < -0.39 is 6.10 Å². The zero-order valence-corrected chi connectivity index (χ0v) is 20.2. The van der Waals surface area contributed by atoms with Gasteiger partial charge in [0.05, 0.1) is 22.8 Å². The highest BCUT2D eigenvalue weighted by Crippen LogP contribution is 2.37. The number of hydrogen-bond acceptors (Lipinski definition) is 5. The Labute approximate surface area is 197 Å². The van der Waals surface area contributed by atoms with E-state index in [2.05, 4.69) is 18.9 Å². The van der Waals surface area contributed by atoms with Crippen LogP contribution in [0.15, 0.2) is 30.3 Å². The van der Waals surface area contributed by atoms with Gasteiger partial charge in [0.1, 0.15) is 10.6 Å². The Bertz CT molecular complexity index is 1190. The summed E-state index contributed by atoms with van der Waals surface area (Å²) in [6, 6.07) is 9.43. The molecule has 1 aromatic carbocycles. The molecule has 4 heterocycles. The maximum absolute atomic E-state index is 13.7. The number of ether oxygens (including phenoxy) is 1. The number of piperidine rings is 1. The second kappa shape index (κ2) is 8.82. The molecule has 1 saturated heterocycles. The molecule has 2 aliphatic rings. The van der Waals surface area contributed by atoms with Crippen LogP contribution in [0.5, 0.6) is 5.75 Å². The van der Waals surface area contributed by atoms with Crippen molar-refractivity contribution in [2.75, 3.05) is 24.5 Å². The van der Waals surface area contributed by atoms with E-state index in [0.29, 0.717) is 22.2 Å². The lowest BCUT2D eigenvalue weighted by Crippen LogP contribution is -2.52. The fourth-order valence-corrected chi connectivity index (χ4v) is 5.81. The molecule has 3 aromatic rings. The molecule has 0 N–H and O–H groups in total. The van der Waals surface area contributed by atoms with Gasteiger partial charge < -0.3 is 9.64 Å². The molecule has 1 fully saturated rings. The number of carbonyl (C=O) groups excluding carboxylic acids is 2. The molecule has 2 aromatic heterocycles. The Morgan fingerprint density at radius 1 is 1.18 bits per heavy atom. The molecule has 0 spiro atoms. The number of amides is 2. The minimum absolute atomic E-state index is 0.0261. The van der Waals surface area contributed by atoms with Crippen LogP contribution in [0, 0.1) is 12.8 Å². The summed E-state index contributed by atoms with van der Waals surface area (Å²) in [6.07, 6.45) is 2.51. The lowest BCUT2D eigenvalue weighted by atomic mass is 10.1. The molecule has 0 unspecified atom stereocenters. The van der Waals surface area contributed by atoms with Gasteiger partial charge in [0.25, 0.3) is 11.8 Å². The van der Waals surface area contributed by atoms with Crippen LogP contribution < -0.4 is 9.64 Å². The number of hydrogen-bond donors (Lipinski definition) is 0. The van der Waals surface area contributed by atoms with Crippen LogP contribution >= 0.6 is 11.3 Å². The van der Waals surface area contributed by atoms with E-state index in [1.54, 1.807) is 4.90 Å². The number of carbonyl (C=O) groups is 2. The fourth-order valence-electron chi connectivity index (χ4n) is 4.69. The van der Waals surface area contributed by atoms with E-state index >= 15 is 0 Å². The highest BCUT2D eigenvalue weighted by atomic mass is 32.1. The third-order valence-electron chi connectivity index (χ3n) is 6.32. The van der Waals surface area contributed by atoms with Gasteiger partial charge in [-0.25, -0.2) is 0 Å². The number of para-hydroxylation sites is 2. The summed E-state index contributed by atoms with van der Waals surface area (Å²) in [7, 11) is 0. The molecule has 2 amide bonds. The first-order chi connectivity index (χ1) is 15.9. The molecule has 0 saturated carbocycles. The average molecular weight is 467 g/mol. The molecule has 2 aliphatic heterocycles. The third-order valence-corrected chi connectivity index (χ3v) is 7.45. The first-order valence-electron chi connectivity index (χ1n) is 11.8. The monoisotopic (exact) mass is 466 g/mol. The van der Waals surface area contributed by atoms with Crippen molar-refractivity contribution in [1.29, 1.82) is 0 Å². The van der Waals surface area contributed by atoms with E-state index in [1.165, 1.54) is 11.3 Å². The topological polar surface area (TPSA) is 67.7 Å². The number of thiophene rings is 1. The summed E-state index contributed by atoms with van der Waals surface area (Å²) in [5.74, 6) is 0.915. The molecular formula is C25H30N4O3S. The van der Waals surface area contributed by atoms with Gasteiger partial charge in [-0.15, -0.1) is 11.3 Å². The van der Waals surface area contributed by atoms with E-state index in [0.717, 1.165) is 54.8 Å². The van der Waals surface area contributed by atoms with E-state index in [9.17, 15) is 9.59 Å². The molecule has 174 valence electrons. The van der Waals surface area contributed by atoms with Crippen molar-refractivity contribution in [3.05, 3.63) is 40.9 Å². The molecule has 1 atom stereocenters. The van der Waals surface area contributed by atoms with E-state index in [1.807, 2.05) is 46.8 Å². The average Bonchev–Trinajstić information content (AvgIpc) is 3.38. The molecule has 0 radical (unpaired) electrons. The fraction of sp³-hybridized carbons (Fsp3) is 0.480. The lowest BCUT2D eigenvalue weighted by molar-refractivity contribution is -0.139. The summed E-state index contributed by atoms with van der Waals surface area (Å²) in [4.78, 5) is 32.2. The van der Waals surface area contributed by atoms with E-state index in [4.69, 9.17) is 4.74 Å². The zero-order chi connectivity index (χ0) is 23.1. The molecule has 33 heavy (non-hydrogen) atoms. The summed E-state index contributed by atoms with van der Waals surface area (Å²) in [5, 5.41) is 5.68. The minimum atomic E-state index is -0.686. The Balaban J connectivity index is 1.46. The van der Waals surface area contributed by atoms with Gasteiger partial charge in [-0.2, -0.15) is 5.10 Å². The number of aromatic nitrogens is 2. The predicted molar refractivity (Wildman–Crippen MR) is 130 cm³/mol. The minimum Gasteiger partial charge on any atom is -0.476 e. The third kappa shape index (κ3) is 4.12. The maximum Gasteiger partial charge on any atom is 0.268 e. The van der Waals surface area contributed by atoms with Crippen LogP contribution in [-0.4, -0.2) is 52.2 Å². The van der Waals surface area contributed by atoms with Gasteiger partial charge in [0.15, 0.2) is 6.10 Å². The van der Waals surface area contributed by atoms with Crippen LogP contribution in [0.3, 0.4) is 0 Å². The maximum atomic E-state index is 13.7. The molecule has 0 bridgehead atoms. The highest BCUT2D eigenvalue weighted by molar-refractivity contribution is 7.20. The molecule has 5 rings (SSSR count). The lowest BCUT2D eigenvalue weighted by Gasteiger charge is -2.37. The highest BCUT2D eigenvalue weighted by Gasteiger charge is 2.37. The number of rotatable bonds is 4. The number of aryl methyl sites for hydroxylation is 1. The molecular weight excluding hydrogens is 436 g/mol. The standard InChI is InChI=1S/C25H30N4O3S/c1-16(2)14-29-25-18(17(3)26-29)13-22(33-25)24(31)28-15-21(23(30)27-11-7-4-8-12-27)32-20-10-6-5-9-19(20)28/h5-6,9-10,13,16,21H,4,7-8,11-12,14-15H2,1-3H3/t21-/m0/s1. The summed E-state index contributed by atoms with van der Waals surface area (Å²) < 4.78 is 8.10. The Morgan fingerprint density at radius 3 is 2.70 bits per heavy atom. The van der Waals surface area contributed by atoms with Crippen molar-refractivity contribution in [3.63, 3.8) is 0 Å². The number of anilines is 1. The van der Waals surface area contributed by atoms with Gasteiger partial charge in [0.2, 0.25) is 0 Å². The van der Waals surface area contributed by atoms with Crippen LogP contribution in [0.2, 0.25) is 0 Å². The number of likely N-dealkylation sites (tertiary alicyclic amines) is 1. The normalized spacial score (nSPS) is 18.5. The Morgan fingerprint density at radius 2 is 1.94 bits per heavy atom. The van der Waals surface area contributed by atoms with Gasteiger partial charge in [-0.3, -0.25) is 19.2 Å². The van der Waals surface area contributed by atoms with Crippen LogP contribution in [-0.2, 0) is 11.3 Å². The van der Waals surface area contributed by atoms with Crippen molar-refractivity contribution >= 4 is 39.1 Å². The quantitative estimate of drug-likeness (QED) is 0.569. The van der Waals surface area contributed by atoms with Gasteiger partial charge >= 0.3 is 0 Å². The first kappa shape index (κ1) is 21.9. The van der Waals surface area contributed by atoms with Crippen LogP contribution in [0.4, 0.5) is 5.69 Å². The van der Waals surface area contributed by atoms with Crippen molar-refractivity contribution < 1.29 is 14.3 Å². The zero-order valence-electron chi connectivity index (χ0n) is 19.4. The number of nitrogens with zero attached hydrogens (tertiary/aromatic N) is 4. The second-order valence-corrected chi connectivity index (χ2v) is 10.4. The van der Waals surface area contributed by atoms with Crippen molar-refractivity contribution in [2.45, 2.75) is 52.7 Å². The van der Waals surface area contributed by atoms with Crippen LogP contribution in [0.1, 0.15) is 48.5 Å². The first-order valence-corrected chi connectivity index (χ1v) is 12.6. The molecule has 8 heteroatoms. The van der Waals surface area contributed by atoms with Gasteiger partial charge in [0, 0.05) is 25.0 Å². The number of fused-ring (bicyclic) bond motifs is 2. The van der Waals surface area contributed by atoms with Gasteiger partial charge in [-0.05, 0) is 50.3 Å². The summed E-state index contributed by atoms with van der Waals surface area (Å²) >= 11 is 1.47. The summed E-state index contributed by atoms with van der Waals surface area (Å²) in [6.45, 7) is 8.85. The van der Waals surface area contributed by atoms with Gasteiger partial charge in [-0.1, -0.05) is 26.0 Å². The largest absolute Gasteiger partial charge is 0.476 e.